The topological polar surface area (TPSA) is 29.5 Å². The Labute approximate surface area is 109 Å². The fourth-order valence-corrected chi connectivity index (χ4v) is 2.40. The summed E-state index contributed by atoms with van der Waals surface area (Å²) in [5.74, 6) is 2.57. The number of carbonyl (C=O) groups is 1. The lowest BCUT2D eigenvalue weighted by Gasteiger charge is -2.18. The van der Waals surface area contributed by atoms with E-state index in [2.05, 4.69) is 18.9 Å². The number of benzene rings is 1. The molecule has 98 valence electrons. The second-order valence-electron chi connectivity index (χ2n) is 5.36. The molecule has 2 atom stereocenters. The van der Waals surface area contributed by atoms with Gasteiger partial charge in [0, 0.05) is 24.2 Å². The summed E-state index contributed by atoms with van der Waals surface area (Å²) in [5, 5.41) is 0. The highest BCUT2D eigenvalue weighted by atomic mass is 16.5. The molecule has 0 spiro atoms. The van der Waals surface area contributed by atoms with Crippen molar-refractivity contribution >= 4 is 6.29 Å². The van der Waals surface area contributed by atoms with Crippen molar-refractivity contribution in [1.82, 2.24) is 4.90 Å². The minimum absolute atomic E-state index is 0.707. The maximum Gasteiger partial charge on any atom is 0.150 e. The molecule has 0 heterocycles. The van der Waals surface area contributed by atoms with Gasteiger partial charge >= 0.3 is 0 Å². The first-order valence-electron chi connectivity index (χ1n) is 6.44. The first-order chi connectivity index (χ1) is 8.63. The fraction of sp³-hybridized carbons (Fsp3) is 0.533. The van der Waals surface area contributed by atoms with Crippen LogP contribution in [0.2, 0.25) is 0 Å². The van der Waals surface area contributed by atoms with Crippen LogP contribution in [0.15, 0.2) is 18.2 Å². The van der Waals surface area contributed by atoms with Gasteiger partial charge in [-0.15, -0.1) is 0 Å². The standard InChI is InChI=1S/C15H21NO2/c1-11-6-13(11)8-16(2)9-14-7-12(10-17)4-5-15(14)18-3/h4-5,7,10-11,13H,6,8-9H2,1-3H3. The third-order valence-corrected chi connectivity index (χ3v) is 3.70. The molecule has 1 fully saturated rings. The van der Waals surface area contributed by atoms with E-state index < -0.39 is 0 Å². The summed E-state index contributed by atoms with van der Waals surface area (Å²) in [4.78, 5) is 13.1. The van der Waals surface area contributed by atoms with Crippen LogP contribution in [0.3, 0.4) is 0 Å². The molecule has 1 aromatic rings. The van der Waals surface area contributed by atoms with Crippen molar-refractivity contribution in [2.24, 2.45) is 11.8 Å². The summed E-state index contributed by atoms with van der Waals surface area (Å²) in [6.45, 7) is 4.25. The molecular formula is C15H21NO2. The van der Waals surface area contributed by atoms with Gasteiger partial charge in [-0.3, -0.25) is 4.79 Å². The molecule has 1 aromatic carbocycles. The van der Waals surface area contributed by atoms with Crippen LogP contribution < -0.4 is 4.74 Å². The Bertz CT molecular complexity index is 431. The summed E-state index contributed by atoms with van der Waals surface area (Å²) >= 11 is 0. The second-order valence-corrected chi connectivity index (χ2v) is 5.36. The van der Waals surface area contributed by atoms with E-state index >= 15 is 0 Å². The Hall–Kier alpha value is -1.35. The van der Waals surface area contributed by atoms with Crippen LogP contribution in [0.25, 0.3) is 0 Å². The third kappa shape index (κ3) is 3.10. The molecule has 0 saturated heterocycles. The van der Waals surface area contributed by atoms with Crippen molar-refractivity contribution in [3.63, 3.8) is 0 Å². The first-order valence-corrected chi connectivity index (χ1v) is 6.44. The van der Waals surface area contributed by atoms with E-state index in [0.717, 1.165) is 42.5 Å². The van der Waals surface area contributed by atoms with Crippen molar-refractivity contribution in [2.75, 3.05) is 20.7 Å². The lowest BCUT2D eigenvalue weighted by atomic mass is 10.1. The Morgan fingerprint density at radius 3 is 2.78 bits per heavy atom. The molecule has 2 rings (SSSR count). The van der Waals surface area contributed by atoms with Gasteiger partial charge in [-0.25, -0.2) is 0 Å². The van der Waals surface area contributed by atoms with Gasteiger partial charge in [0.1, 0.15) is 12.0 Å². The summed E-state index contributed by atoms with van der Waals surface area (Å²) in [6.07, 6.45) is 2.22. The van der Waals surface area contributed by atoms with Crippen LogP contribution in [0, 0.1) is 11.8 Å². The van der Waals surface area contributed by atoms with Crippen molar-refractivity contribution in [2.45, 2.75) is 19.9 Å². The largest absolute Gasteiger partial charge is 0.496 e. The maximum atomic E-state index is 10.8. The van der Waals surface area contributed by atoms with Crippen molar-refractivity contribution < 1.29 is 9.53 Å². The van der Waals surface area contributed by atoms with E-state index in [0.29, 0.717) is 5.56 Å². The normalized spacial score (nSPS) is 22.0. The van der Waals surface area contributed by atoms with E-state index in [1.165, 1.54) is 6.42 Å². The highest BCUT2D eigenvalue weighted by Crippen LogP contribution is 2.38. The van der Waals surface area contributed by atoms with Crippen LogP contribution in [0.5, 0.6) is 5.75 Å². The number of nitrogens with zero attached hydrogens (tertiary/aromatic N) is 1. The quantitative estimate of drug-likeness (QED) is 0.724. The second kappa shape index (κ2) is 5.53. The molecule has 3 heteroatoms. The molecule has 18 heavy (non-hydrogen) atoms. The summed E-state index contributed by atoms with van der Waals surface area (Å²) in [7, 11) is 3.79. The zero-order valence-electron chi connectivity index (χ0n) is 11.3. The monoisotopic (exact) mass is 247 g/mol. The van der Waals surface area contributed by atoms with Crippen molar-refractivity contribution in [3.8, 4) is 5.75 Å². The molecular weight excluding hydrogens is 226 g/mol. The number of hydrogen-bond donors (Lipinski definition) is 0. The van der Waals surface area contributed by atoms with E-state index in [-0.39, 0.29) is 0 Å². The Balaban J connectivity index is 2.03. The molecule has 0 bridgehead atoms. The lowest BCUT2D eigenvalue weighted by Crippen LogP contribution is -2.21. The number of carbonyl (C=O) groups excluding carboxylic acids is 1. The molecule has 0 aliphatic heterocycles. The maximum absolute atomic E-state index is 10.8. The average Bonchev–Trinajstić information content (AvgIpc) is 3.04. The van der Waals surface area contributed by atoms with Gasteiger partial charge in [0.25, 0.3) is 0 Å². The molecule has 0 amide bonds. The molecule has 1 aliphatic rings. The van der Waals surface area contributed by atoms with Crippen LogP contribution in [-0.4, -0.2) is 31.9 Å². The molecule has 0 aromatic heterocycles. The molecule has 3 nitrogen and oxygen atoms in total. The fourth-order valence-electron chi connectivity index (χ4n) is 2.40. The van der Waals surface area contributed by atoms with E-state index in [1.54, 1.807) is 13.2 Å². The molecule has 0 N–H and O–H groups in total. The number of aldehydes is 1. The van der Waals surface area contributed by atoms with Crippen LogP contribution in [-0.2, 0) is 6.54 Å². The summed E-state index contributed by atoms with van der Waals surface area (Å²) in [6, 6.07) is 5.57. The lowest BCUT2D eigenvalue weighted by molar-refractivity contribution is 0.112. The van der Waals surface area contributed by atoms with E-state index in [4.69, 9.17) is 4.74 Å². The number of methoxy groups -OCH3 is 1. The molecule has 2 unspecified atom stereocenters. The first kappa shape index (κ1) is 13.1. The van der Waals surface area contributed by atoms with Gasteiger partial charge in [0.05, 0.1) is 7.11 Å². The third-order valence-electron chi connectivity index (χ3n) is 3.70. The highest BCUT2D eigenvalue weighted by Gasteiger charge is 2.33. The van der Waals surface area contributed by atoms with Crippen molar-refractivity contribution in [1.29, 1.82) is 0 Å². The number of hydrogen-bond acceptors (Lipinski definition) is 3. The minimum Gasteiger partial charge on any atom is -0.496 e. The summed E-state index contributed by atoms with van der Waals surface area (Å²) in [5.41, 5.74) is 1.79. The predicted octanol–water partition coefficient (Wildman–Crippen LogP) is 2.60. The summed E-state index contributed by atoms with van der Waals surface area (Å²) < 4.78 is 5.34. The van der Waals surface area contributed by atoms with E-state index in [1.807, 2.05) is 12.1 Å². The average molecular weight is 247 g/mol. The van der Waals surface area contributed by atoms with Gasteiger partial charge < -0.3 is 9.64 Å². The van der Waals surface area contributed by atoms with Gasteiger partial charge in [0.15, 0.2) is 0 Å². The Kier molecular flexibility index (Phi) is 4.02. The van der Waals surface area contributed by atoms with E-state index in [9.17, 15) is 4.79 Å². The van der Waals surface area contributed by atoms with Gasteiger partial charge in [-0.05, 0) is 43.5 Å². The minimum atomic E-state index is 0.707. The van der Waals surface area contributed by atoms with Crippen LogP contribution in [0.4, 0.5) is 0 Å². The Morgan fingerprint density at radius 1 is 1.50 bits per heavy atom. The van der Waals surface area contributed by atoms with Gasteiger partial charge in [-0.1, -0.05) is 6.92 Å². The highest BCUT2D eigenvalue weighted by molar-refractivity contribution is 5.75. The van der Waals surface area contributed by atoms with Gasteiger partial charge in [-0.2, -0.15) is 0 Å². The predicted molar refractivity (Wildman–Crippen MR) is 72.0 cm³/mol. The number of rotatable bonds is 6. The number of ether oxygens (including phenoxy) is 1. The SMILES string of the molecule is COc1ccc(C=O)cc1CN(C)CC1CC1C. The van der Waals surface area contributed by atoms with Gasteiger partial charge in [0.2, 0.25) is 0 Å². The molecule has 0 radical (unpaired) electrons. The molecule has 1 saturated carbocycles. The zero-order chi connectivity index (χ0) is 13.1. The Morgan fingerprint density at radius 2 is 2.22 bits per heavy atom. The zero-order valence-corrected chi connectivity index (χ0v) is 11.3. The van der Waals surface area contributed by atoms with Crippen LogP contribution >= 0.6 is 0 Å². The smallest absolute Gasteiger partial charge is 0.150 e. The van der Waals surface area contributed by atoms with Crippen LogP contribution in [0.1, 0.15) is 29.3 Å². The van der Waals surface area contributed by atoms with Crippen molar-refractivity contribution in [3.05, 3.63) is 29.3 Å². The molecule has 1 aliphatic carbocycles.